The van der Waals surface area contributed by atoms with Crippen LogP contribution < -0.4 is 0 Å². The number of hydrogen-bond donors (Lipinski definition) is 1. The van der Waals surface area contributed by atoms with E-state index in [1.54, 1.807) is 0 Å². The molecule has 1 aromatic rings. The maximum Gasteiger partial charge on any atom is 0.238 e. The Morgan fingerprint density at radius 2 is 2.29 bits per heavy atom. The second-order valence-corrected chi connectivity index (χ2v) is 3.68. The smallest absolute Gasteiger partial charge is 0.238 e. The van der Waals surface area contributed by atoms with E-state index in [0.717, 1.165) is 13.0 Å². The van der Waals surface area contributed by atoms with Gasteiger partial charge in [-0.1, -0.05) is 6.07 Å². The Morgan fingerprint density at radius 1 is 1.64 bits per heavy atom. The molecule has 1 atom stereocenters. The highest BCUT2D eigenvalue weighted by molar-refractivity contribution is 9.10. The molecule has 1 aromatic carbocycles. The van der Waals surface area contributed by atoms with Crippen LogP contribution in [0.15, 0.2) is 27.7 Å². The molecular weight excluding hydrogens is 253 g/mol. The summed E-state index contributed by atoms with van der Waals surface area (Å²) in [6.45, 7) is 1.14. The maximum absolute atomic E-state index is 13.6. The number of nitrogens with zero attached hydrogens (tertiary/aromatic N) is 1. The van der Waals surface area contributed by atoms with Crippen molar-refractivity contribution in [3.05, 3.63) is 28.2 Å². The minimum absolute atomic E-state index is 0.000340. The van der Waals surface area contributed by atoms with E-state index in [2.05, 4.69) is 20.9 Å². The molecule has 0 aliphatic rings. The molecule has 74 valence electrons. The summed E-state index contributed by atoms with van der Waals surface area (Å²) < 4.78 is 14.0. The molecule has 0 heterocycles. The van der Waals surface area contributed by atoms with E-state index >= 15 is 0 Å². The molecule has 1 unspecified atom stereocenters. The SMILES string of the molecule is CC(F)(N=C=O)c1ccc(O)c(Br)c1. The molecule has 0 bridgehead atoms. The summed E-state index contributed by atoms with van der Waals surface area (Å²) in [6, 6.07) is 4.02. The lowest BCUT2D eigenvalue weighted by Gasteiger charge is -2.13. The van der Waals surface area contributed by atoms with E-state index in [1.807, 2.05) is 0 Å². The van der Waals surface area contributed by atoms with Gasteiger partial charge in [0.25, 0.3) is 0 Å². The van der Waals surface area contributed by atoms with Crippen LogP contribution in [0.25, 0.3) is 0 Å². The predicted octanol–water partition coefficient (Wildman–Crippen LogP) is 2.63. The molecule has 0 aliphatic carbocycles. The fraction of sp³-hybridized carbons (Fsp3) is 0.222. The van der Waals surface area contributed by atoms with Crippen LogP contribution in [0.1, 0.15) is 12.5 Å². The summed E-state index contributed by atoms with van der Waals surface area (Å²) in [6.07, 6.45) is 1.16. The Hall–Kier alpha value is -1.19. The van der Waals surface area contributed by atoms with E-state index in [9.17, 15) is 9.18 Å². The molecule has 0 saturated carbocycles. The van der Waals surface area contributed by atoms with Gasteiger partial charge in [-0.05, 0) is 35.0 Å². The molecular formula is C9H7BrFNO2. The summed E-state index contributed by atoms with van der Waals surface area (Å²) in [7, 11) is 0. The number of halogens is 2. The minimum Gasteiger partial charge on any atom is -0.507 e. The van der Waals surface area contributed by atoms with Gasteiger partial charge in [0.05, 0.1) is 4.47 Å². The third kappa shape index (κ3) is 2.19. The lowest BCUT2D eigenvalue weighted by Crippen LogP contribution is -2.11. The Labute approximate surface area is 88.4 Å². The highest BCUT2D eigenvalue weighted by Gasteiger charge is 2.25. The van der Waals surface area contributed by atoms with Crippen molar-refractivity contribution >= 4 is 22.0 Å². The van der Waals surface area contributed by atoms with Crippen LogP contribution in [0.5, 0.6) is 5.75 Å². The van der Waals surface area contributed by atoms with Gasteiger partial charge in [-0.25, -0.2) is 9.18 Å². The molecule has 14 heavy (non-hydrogen) atoms. The van der Waals surface area contributed by atoms with Crippen LogP contribution in [-0.4, -0.2) is 11.2 Å². The van der Waals surface area contributed by atoms with Gasteiger partial charge in [-0.2, -0.15) is 4.99 Å². The summed E-state index contributed by atoms with van der Waals surface area (Å²) in [4.78, 5) is 13.0. The predicted molar refractivity (Wildman–Crippen MR) is 52.4 cm³/mol. The topological polar surface area (TPSA) is 49.7 Å². The fourth-order valence-electron chi connectivity index (χ4n) is 0.941. The van der Waals surface area contributed by atoms with Crippen LogP contribution in [0.4, 0.5) is 4.39 Å². The number of phenols is 1. The fourth-order valence-corrected chi connectivity index (χ4v) is 1.32. The number of benzene rings is 1. The Bertz CT molecular complexity index is 400. The quantitative estimate of drug-likeness (QED) is 0.504. The molecule has 5 heteroatoms. The number of phenolic OH excluding ortho intramolecular Hbond substituents is 1. The van der Waals surface area contributed by atoms with Crippen LogP contribution in [0, 0.1) is 0 Å². The molecule has 3 nitrogen and oxygen atoms in total. The van der Waals surface area contributed by atoms with Crippen LogP contribution in [0.2, 0.25) is 0 Å². The molecule has 1 N–H and O–H groups in total. The number of aliphatic imine (C=N–C) groups is 1. The first kappa shape index (κ1) is 10.9. The van der Waals surface area contributed by atoms with Gasteiger partial charge < -0.3 is 5.11 Å². The summed E-state index contributed by atoms with van der Waals surface area (Å²) in [5.74, 6) is -2.11. The van der Waals surface area contributed by atoms with Crippen LogP contribution in [0.3, 0.4) is 0 Å². The number of hydrogen-bond acceptors (Lipinski definition) is 3. The molecule has 0 radical (unpaired) electrons. The van der Waals surface area contributed by atoms with Crippen molar-refractivity contribution in [2.75, 3.05) is 0 Å². The zero-order chi connectivity index (χ0) is 10.8. The van der Waals surface area contributed by atoms with Crippen molar-refractivity contribution in [1.29, 1.82) is 0 Å². The van der Waals surface area contributed by atoms with Crippen molar-refractivity contribution in [1.82, 2.24) is 0 Å². The number of carbonyl (C=O) groups excluding carboxylic acids is 1. The van der Waals surface area contributed by atoms with Gasteiger partial charge in [0.2, 0.25) is 11.9 Å². The minimum atomic E-state index is -2.11. The van der Waals surface area contributed by atoms with Gasteiger partial charge in [-0.3, -0.25) is 0 Å². The van der Waals surface area contributed by atoms with E-state index in [4.69, 9.17) is 5.11 Å². The summed E-state index contributed by atoms with van der Waals surface area (Å²) >= 11 is 3.03. The molecule has 1 rings (SSSR count). The normalized spacial score (nSPS) is 14.2. The van der Waals surface area contributed by atoms with E-state index in [0.29, 0.717) is 4.47 Å². The Balaban J connectivity index is 3.20. The molecule has 0 aliphatic heterocycles. The molecule has 0 fully saturated rings. The standard InChI is InChI=1S/C9H7BrFNO2/c1-9(11,12-5-13)6-2-3-8(14)7(10)4-6/h2-4,14H,1H3. The average molecular weight is 260 g/mol. The van der Waals surface area contributed by atoms with Crippen molar-refractivity contribution in [2.24, 2.45) is 4.99 Å². The lowest BCUT2D eigenvalue weighted by molar-refractivity contribution is 0.206. The largest absolute Gasteiger partial charge is 0.507 e. The van der Waals surface area contributed by atoms with Gasteiger partial charge in [0.1, 0.15) is 5.75 Å². The maximum atomic E-state index is 13.6. The first-order valence-electron chi connectivity index (χ1n) is 3.74. The lowest BCUT2D eigenvalue weighted by atomic mass is 10.1. The summed E-state index contributed by atoms with van der Waals surface area (Å²) in [5, 5.41) is 9.16. The van der Waals surface area contributed by atoms with Gasteiger partial charge >= 0.3 is 0 Å². The number of isocyanates is 1. The second kappa shape index (κ2) is 3.90. The van der Waals surface area contributed by atoms with Crippen LogP contribution >= 0.6 is 15.9 Å². The highest BCUT2D eigenvalue weighted by Crippen LogP contribution is 2.32. The number of aromatic hydroxyl groups is 1. The van der Waals surface area contributed by atoms with Gasteiger partial charge in [-0.15, -0.1) is 0 Å². The van der Waals surface area contributed by atoms with E-state index in [1.165, 1.54) is 18.2 Å². The van der Waals surface area contributed by atoms with Crippen molar-refractivity contribution < 1.29 is 14.3 Å². The van der Waals surface area contributed by atoms with Crippen molar-refractivity contribution in [3.63, 3.8) is 0 Å². The van der Waals surface area contributed by atoms with E-state index in [-0.39, 0.29) is 11.3 Å². The number of alkyl halides is 1. The Morgan fingerprint density at radius 3 is 2.79 bits per heavy atom. The van der Waals surface area contributed by atoms with Crippen molar-refractivity contribution in [3.8, 4) is 5.75 Å². The third-order valence-corrected chi connectivity index (χ3v) is 2.37. The van der Waals surface area contributed by atoms with Gasteiger partial charge in [0.15, 0.2) is 0 Å². The van der Waals surface area contributed by atoms with Crippen LogP contribution in [-0.2, 0) is 10.6 Å². The zero-order valence-electron chi connectivity index (χ0n) is 7.29. The van der Waals surface area contributed by atoms with E-state index < -0.39 is 5.79 Å². The van der Waals surface area contributed by atoms with Crippen molar-refractivity contribution in [2.45, 2.75) is 12.7 Å². The first-order valence-corrected chi connectivity index (χ1v) is 4.53. The molecule has 0 aromatic heterocycles. The monoisotopic (exact) mass is 259 g/mol. The first-order chi connectivity index (χ1) is 6.47. The van der Waals surface area contributed by atoms with Gasteiger partial charge in [0, 0.05) is 5.56 Å². The summed E-state index contributed by atoms with van der Waals surface area (Å²) in [5.41, 5.74) is 0.172. The molecule has 0 amide bonds. The molecule has 0 saturated heterocycles. The number of rotatable bonds is 2. The third-order valence-electron chi connectivity index (χ3n) is 1.73. The molecule has 0 spiro atoms. The second-order valence-electron chi connectivity index (χ2n) is 2.82. The zero-order valence-corrected chi connectivity index (χ0v) is 8.88. The Kier molecular flexibility index (Phi) is 3.03. The highest BCUT2D eigenvalue weighted by atomic mass is 79.9. The average Bonchev–Trinajstić information content (AvgIpc) is 2.09.